The van der Waals surface area contributed by atoms with E-state index in [1.807, 2.05) is 55.5 Å². The van der Waals surface area contributed by atoms with Crippen LogP contribution in [0.25, 0.3) is 0 Å². The summed E-state index contributed by atoms with van der Waals surface area (Å²) in [7, 11) is 0. The van der Waals surface area contributed by atoms with E-state index in [4.69, 9.17) is 0 Å². The van der Waals surface area contributed by atoms with Crippen LogP contribution in [0, 0.1) is 6.92 Å². The molecule has 0 aliphatic rings. The summed E-state index contributed by atoms with van der Waals surface area (Å²) in [6.45, 7) is 2.46. The van der Waals surface area contributed by atoms with Crippen LogP contribution < -0.4 is 10.6 Å². The quantitative estimate of drug-likeness (QED) is 0.677. The van der Waals surface area contributed by atoms with Crippen molar-refractivity contribution >= 4 is 33.3 Å². The van der Waals surface area contributed by atoms with Crippen molar-refractivity contribution in [1.29, 1.82) is 0 Å². The second kappa shape index (κ2) is 7.90. The lowest BCUT2D eigenvalue weighted by molar-refractivity contribution is 0.0946. The Kier molecular flexibility index (Phi) is 5.40. The Bertz CT molecular complexity index is 884. The fourth-order valence-electron chi connectivity index (χ4n) is 2.32. The highest BCUT2D eigenvalue weighted by molar-refractivity contribution is 9.10. The first-order valence-corrected chi connectivity index (χ1v) is 8.58. The predicted molar refractivity (Wildman–Crippen MR) is 102 cm³/mol. The molecule has 1 heterocycles. The first kappa shape index (κ1) is 17.1. The lowest BCUT2D eigenvalue weighted by Gasteiger charge is -2.10. The molecule has 25 heavy (non-hydrogen) atoms. The molecule has 0 bridgehead atoms. The van der Waals surface area contributed by atoms with Crippen molar-refractivity contribution in [2.24, 2.45) is 0 Å². The molecule has 2 aromatic carbocycles. The third-order valence-corrected chi connectivity index (χ3v) is 4.14. The molecule has 0 aliphatic carbocycles. The van der Waals surface area contributed by atoms with E-state index in [1.54, 1.807) is 6.07 Å². The fraction of sp³-hybridized carbons (Fsp3) is 0.105. The summed E-state index contributed by atoms with van der Waals surface area (Å²) in [6.07, 6.45) is 1.38. The number of rotatable bonds is 5. The molecule has 0 saturated carbocycles. The van der Waals surface area contributed by atoms with E-state index >= 15 is 0 Å². The van der Waals surface area contributed by atoms with Gasteiger partial charge >= 0.3 is 0 Å². The Morgan fingerprint density at radius 1 is 1.08 bits per heavy atom. The molecule has 0 fully saturated rings. The number of carbonyl (C=O) groups excluding carboxylic acids is 1. The van der Waals surface area contributed by atoms with E-state index in [0.717, 1.165) is 21.3 Å². The van der Waals surface area contributed by atoms with E-state index in [2.05, 4.69) is 36.5 Å². The van der Waals surface area contributed by atoms with E-state index < -0.39 is 0 Å². The zero-order valence-corrected chi connectivity index (χ0v) is 15.2. The van der Waals surface area contributed by atoms with Crippen LogP contribution in [0.4, 0.5) is 11.5 Å². The summed E-state index contributed by atoms with van der Waals surface area (Å²) in [6, 6.07) is 17.3. The number of aryl methyl sites for hydroxylation is 1. The zero-order chi connectivity index (χ0) is 17.6. The van der Waals surface area contributed by atoms with E-state index in [-0.39, 0.29) is 5.91 Å². The van der Waals surface area contributed by atoms with Gasteiger partial charge in [-0.25, -0.2) is 9.97 Å². The van der Waals surface area contributed by atoms with Crippen LogP contribution in [0.2, 0.25) is 0 Å². The van der Waals surface area contributed by atoms with Crippen LogP contribution in [-0.2, 0) is 6.54 Å². The van der Waals surface area contributed by atoms with Crippen molar-refractivity contribution in [3.63, 3.8) is 0 Å². The summed E-state index contributed by atoms with van der Waals surface area (Å²) in [5, 5.41) is 6.08. The van der Waals surface area contributed by atoms with Crippen molar-refractivity contribution in [2.45, 2.75) is 13.5 Å². The highest BCUT2D eigenvalue weighted by atomic mass is 79.9. The maximum Gasteiger partial charge on any atom is 0.270 e. The average Bonchev–Trinajstić information content (AvgIpc) is 2.63. The number of carbonyl (C=O) groups is 1. The number of nitrogens with one attached hydrogen (secondary N) is 2. The summed E-state index contributed by atoms with van der Waals surface area (Å²) in [5.74, 6) is 0.340. The Balaban J connectivity index is 1.69. The van der Waals surface area contributed by atoms with Gasteiger partial charge in [-0.2, -0.15) is 0 Å². The predicted octanol–water partition coefficient (Wildman–Crippen LogP) is 4.22. The van der Waals surface area contributed by atoms with Gasteiger partial charge in [0, 0.05) is 22.8 Å². The normalized spacial score (nSPS) is 10.3. The van der Waals surface area contributed by atoms with Crippen molar-refractivity contribution in [2.75, 3.05) is 5.32 Å². The zero-order valence-electron chi connectivity index (χ0n) is 13.7. The van der Waals surface area contributed by atoms with Gasteiger partial charge in [-0.15, -0.1) is 0 Å². The average molecular weight is 397 g/mol. The van der Waals surface area contributed by atoms with Crippen molar-refractivity contribution < 1.29 is 4.79 Å². The van der Waals surface area contributed by atoms with Crippen LogP contribution in [0.1, 0.15) is 21.6 Å². The molecular weight excluding hydrogens is 380 g/mol. The maximum atomic E-state index is 12.3. The molecule has 0 aliphatic heterocycles. The van der Waals surface area contributed by atoms with Crippen LogP contribution in [-0.4, -0.2) is 15.9 Å². The SMILES string of the molecule is Cc1cc(Br)ccc1Nc1cc(C(=O)NCc2ccccc2)ncn1. The van der Waals surface area contributed by atoms with Gasteiger partial charge in [0.15, 0.2) is 0 Å². The Hall–Kier alpha value is -2.73. The number of halogens is 1. The van der Waals surface area contributed by atoms with Crippen LogP contribution >= 0.6 is 15.9 Å². The molecule has 6 heteroatoms. The Morgan fingerprint density at radius 3 is 2.64 bits per heavy atom. The summed E-state index contributed by atoms with van der Waals surface area (Å²) >= 11 is 3.44. The number of benzene rings is 2. The largest absolute Gasteiger partial charge is 0.347 e. The van der Waals surface area contributed by atoms with Crippen LogP contribution in [0.5, 0.6) is 0 Å². The molecule has 0 radical (unpaired) electrons. The number of anilines is 2. The molecule has 126 valence electrons. The molecule has 3 rings (SSSR count). The van der Waals surface area contributed by atoms with Gasteiger partial charge < -0.3 is 10.6 Å². The third kappa shape index (κ3) is 4.64. The number of aromatic nitrogens is 2. The number of hydrogen-bond acceptors (Lipinski definition) is 4. The van der Waals surface area contributed by atoms with Crippen LogP contribution in [0.3, 0.4) is 0 Å². The van der Waals surface area contributed by atoms with Gasteiger partial charge in [0.05, 0.1) is 0 Å². The molecule has 0 atom stereocenters. The smallest absolute Gasteiger partial charge is 0.270 e. The highest BCUT2D eigenvalue weighted by Crippen LogP contribution is 2.22. The molecule has 0 spiro atoms. The summed E-state index contributed by atoms with van der Waals surface area (Å²) in [4.78, 5) is 20.5. The number of hydrogen-bond donors (Lipinski definition) is 2. The molecule has 5 nitrogen and oxygen atoms in total. The molecule has 3 aromatic rings. The molecular formula is C19H17BrN4O. The standard InChI is InChI=1S/C19H17BrN4O/c1-13-9-15(20)7-8-16(13)24-18-10-17(22-12-23-18)19(25)21-11-14-5-3-2-4-6-14/h2-10,12H,11H2,1H3,(H,21,25)(H,22,23,24). The minimum atomic E-state index is -0.234. The molecule has 1 aromatic heterocycles. The molecule has 1 amide bonds. The van der Waals surface area contributed by atoms with Gasteiger partial charge in [0.1, 0.15) is 17.8 Å². The van der Waals surface area contributed by atoms with Crippen molar-refractivity contribution in [3.05, 3.63) is 82.2 Å². The summed E-state index contributed by atoms with van der Waals surface area (Å²) in [5.41, 5.74) is 3.36. The summed E-state index contributed by atoms with van der Waals surface area (Å²) < 4.78 is 1.01. The van der Waals surface area contributed by atoms with Gasteiger partial charge in [0.2, 0.25) is 0 Å². The van der Waals surface area contributed by atoms with Crippen molar-refractivity contribution in [1.82, 2.24) is 15.3 Å². The monoisotopic (exact) mass is 396 g/mol. The van der Waals surface area contributed by atoms with Crippen molar-refractivity contribution in [3.8, 4) is 0 Å². The minimum Gasteiger partial charge on any atom is -0.347 e. The minimum absolute atomic E-state index is 0.234. The second-order valence-electron chi connectivity index (χ2n) is 5.54. The Labute approximate surface area is 154 Å². The van der Waals surface area contributed by atoms with E-state index in [9.17, 15) is 4.79 Å². The van der Waals surface area contributed by atoms with Gasteiger partial charge in [-0.05, 0) is 36.2 Å². The van der Waals surface area contributed by atoms with Gasteiger partial charge in [-0.3, -0.25) is 4.79 Å². The number of nitrogens with zero attached hydrogens (tertiary/aromatic N) is 2. The topological polar surface area (TPSA) is 66.9 Å². The third-order valence-electron chi connectivity index (χ3n) is 3.65. The Morgan fingerprint density at radius 2 is 1.88 bits per heavy atom. The molecule has 0 unspecified atom stereocenters. The molecule has 0 saturated heterocycles. The van der Waals surface area contributed by atoms with Crippen LogP contribution in [0.15, 0.2) is 65.4 Å². The first-order valence-electron chi connectivity index (χ1n) is 7.79. The van der Waals surface area contributed by atoms with Gasteiger partial charge in [-0.1, -0.05) is 46.3 Å². The van der Waals surface area contributed by atoms with Gasteiger partial charge in [0.25, 0.3) is 5.91 Å². The molecule has 2 N–H and O–H groups in total. The second-order valence-corrected chi connectivity index (χ2v) is 6.46. The lowest BCUT2D eigenvalue weighted by Crippen LogP contribution is -2.24. The van der Waals surface area contributed by atoms with E-state index in [0.29, 0.717) is 18.1 Å². The lowest BCUT2D eigenvalue weighted by atomic mass is 10.2. The first-order chi connectivity index (χ1) is 12.1. The van der Waals surface area contributed by atoms with E-state index in [1.165, 1.54) is 6.33 Å². The maximum absolute atomic E-state index is 12.3. The highest BCUT2D eigenvalue weighted by Gasteiger charge is 2.09. The number of amides is 1. The fourth-order valence-corrected chi connectivity index (χ4v) is 2.80.